The number of amides is 2. The van der Waals surface area contributed by atoms with Gasteiger partial charge in [0, 0.05) is 38.8 Å². The van der Waals surface area contributed by atoms with E-state index in [0.29, 0.717) is 38.2 Å². The van der Waals surface area contributed by atoms with E-state index in [-0.39, 0.29) is 23.8 Å². The maximum atomic E-state index is 13.6. The van der Waals surface area contributed by atoms with Crippen LogP contribution in [0.25, 0.3) is 11.0 Å². The minimum Gasteiger partial charge on any atom is -0.497 e. The molecule has 10 nitrogen and oxygen atoms in total. The predicted octanol–water partition coefficient (Wildman–Crippen LogP) is 1.78. The standard InChI is InChI=1S/C27H33N7O3/c1-32-16-20(28)13-25(32)27(36)34-15-19(10-17-4-7-21(37-3)8-5-17)12-24(34)26(35)29-14-18-6-9-23-22(11-18)30-31-33(23)2/h4-9,11,19,24-25,28H,10,12-16H2,1-3H3,(H,29,35)/t19-,24+,25-/m1/s1. The van der Waals surface area contributed by atoms with Gasteiger partial charge in [-0.15, -0.1) is 5.10 Å². The summed E-state index contributed by atoms with van der Waals surface area (Å²) in [6.07, 6.45) is 1.79. The fourth-order valence-electron chi connectivity index (χ4n) is 5.49. The van der Waals surface area contributed by atoms with Gasteiger partial charge in [-0.05, 0) is 61.2 Å². The van der Waals surface area contributed by atoms with Crippen LogP contribution >= 0.6 is 0 Å². The molecule has 2 saturated heterocycles. The highest BCUT2D eigenvalue weighted by molar-refractivity contribution is 5.97. The first-order chi connectivity index (χ1) is 17.8. The van der Waals surface area contributed by atoms with E-state index in [1.165, 1.54) is 0 Å². The van der Waals surface area contributed by atoms with Crippen LogP contribution in [0.5, 0.6) is 5.75 Å². The van der Waals surface area contributed by atoms with E-state index in [1.807, 2.05) is 61.5 Å². The first-order valence-electron chi connectivity index (χ1n) is 12.6. The molecule has 2 aromatic carbocycles. The van der Waals surface area contributed by atoms with Crippen molar-refractivity contribution in [1.29, 1.82) is 5.41 Å². The van der Waals surface area contributed by atoms with Crippen LogP contribution in [0, 0.1) is 11.3 Å². The summed E-state index contributed by atoms with van der Waals surface area (Å²) >= 11 is 0. The second-order valence-corrected chi connectivity index (χ2v) is 10.2. The number of hydrogen-bond donors (Lipinski definition) is 2. The lowest BCUT2D eigenvalue weighted by atomic mass is 9.96. The van der Waals surface area contributed by atoms with Gasteiger partial charge < -0.3 is 20.4 Å². The number of aryl methyl sites for hydroxylation is 1. The van der Waals surface area contributed by atoms with Crippen LogP contribution in [0.3, 0.4) is 0 Å². The second kappa shape index (κ2) is 10.3. The number of likely N-dealkylation sites (tertiary alicyclic amines) is 2. The first kappa shape index (κ1) is 24.9. The van der Waals surface area contributed by atoms with Gasteiger partial charge in [-0.3, -0.25) is 14.5 Å². The summed E-state index contributed by atoms with van der Waals surface area (Å²) < 4.78 is 6.97. The largest absolute Gasteiger partial charge is 0.497 e. The number of carbonyl (C=O) groups is 2. The molecule has 2 amide bonds. The Labute approximate surface area is 216 Å². The van der Waals surface area contributed by atoms with E-state index in [2.05, 4.69) is 15.6 Å². The van der Waals surface area contributed by atoms with E-state index in [1.54, 1.807) is 16.7 Å². The quantitative estimate of drug-likeness (QED) is 0.508. The van der Waals surface area contributed by atoms with Crippen molar-refractivity contribution < 1.29 is 14.3 Å². The van der Waals surface area contributed by atoms with Gasteiger partial charge in [-0.1, -0.05) is 23.4 Å². The summed E-state index contributed by atoms with van der Waals surface area (Å²) in [4.78, 5) is 30.7. The van der Waals surface area contributed by atoms with Gasteiger partial charge in [0.2, 0.25) is 11.8 Å². The van der Waals surface area contributed by atoms with Gasteiger partial charge in [0.25, 0.3) is 0 Å². The molecule has 0 saturated carbocycles. The van der Waals surface area contributed by atoms with Crippen molar-refractivity contribution >= 4 is 28.6 Å². The molecule has 0 radical (unpaired) electrons. The zero-order valence-electron chi connectivity index (χ0n) is 21.5. The Morgan fingerprint density at radius 2 is 1.86 bits per heavy atom. The number of benzene rings is 2. The predicted molar refractivity (Wildman–Crippen MR) is 139 cm³/mol. The minimum atomic E-state index is -0.542. The van der Waals surface area contributed by atoms with Crippen LogP contribution in [0.4, 0.5) is 0 Å². The van der Waals surface area contributed by atoms with Gasteiger partial charge in [-0.25, -0.2) is 4.68 Å². The summed E-state index contributed by atoms with van der Waals surface area (Å²) in [7, 11) is 5.35. The van der Waals surface area contributed by atoms with Crippen molar-refractivity contribution in [3.8, 4) is 5.75 Å². The molecule has 2 aliphatic rings. The third-order valence-corrected chi connectivity index (χ3v) is 7.50. The molecule has 2 fully saturated rings. The number of nitrogens with one attached hydrogen (secondary N) is 2. The van der Waals surface area contributed by atoms with Crippen LogP contribution in [-0.4, -0.2) is 81.7 Å². The Kier molecular flexibility index (Phi) is 6.92. The van der Waals surface area contributed by atoms with Crippen LogP contribution in [0.1, 0.15) is 24.0 Å². The van der Waals surface area contributed by atoms with Gasteiger partial charge in [0.05, 0.1) is 18.7 Å². The maximum Gasteiger partial charge on any atom is 0.243 e. The van der Waals surface area contributed by atoms with Gasteiger partial charge in [-0.2, -0.15) is 0 Å². The Morgan fingerprint density at radius 3 is 2.57 bits per heavy atom. The van der Waals surface area contributed by atoms with E-state index < -0.39 is 6.04 Å². The highest BCUT2D eigenvalue weighted by Crippen LogP contribution is 2.30. The summed E-state index contributed by atoms with van der Waals surface area (Å²) in [5, 5.41) is 19.3. The molecule has 0 spiro atoms. The molecule has 1 aromatic heterocycles. The normalized spacial score (nSPS) is 22.1. The van der Waals surface area contributed by atoms with Crippen molar-refractivity contribution in [3.63, 3.8) is 0 Å². The average Bonchev–Trinajstić information content (AvgIpc) is 3.59. The molecular formula is C27H33N7O3. The fraction of sp³-hybridized carbons (Fsp3) is 0.444. The Balaban J connectivity index is 1.30. The van der Waals surface area contributed by atoms with Crippen LogP contribution in [-0.2, 0) is 29.6 Å². The molecule has 194 valence electrons. The third kappa shape index (κ3) is 5.20. The van der Waals surface area contributed by atoms with E-state index in [0.717, 1.165) is 34.3 Å². The van der Waals surface area contributed by atoms with Crippen molar-refractivity contribution in [1.82, 2.24) is 30.1 Å². The van der Waals surface area contributed by atoms with E-state index in [4.69, 9.17) is 10.1 Å². The molecule has 5 rings (SSSR count). The lowest BCUT2D eigenvalue weighted by molar-refractivity contribution is -0.141. The second-order valence-electron chi connectivity index (χ2n) is 10.2. The number of aromatic nitrogens is 3. The Bertz CT molecular complexity index is 1320. The zero-order valence-corrected chi connectivity index (χ0v) is 21.5. The number of nitrogens with zero attached hydrogens (tertiary/aromatic N) is 5. The van der Waals surface area contributed by atoms with Crippen molar-refractivity contribution in [3.05, 3.63) is 53.6 Å². The maximum absolute atomic E-state index is 13.6. The van der Waals surface area contributed by atoms with Crippen molar-refractivity contribution in [2.24, 2.45) is 13.0 Å². The number of methoxy groups -OCH3 is 1. The molecule has 0 bridgehead atoms. The number of hydrogen-bond acceptors (Lipinski definition) is 7. The molecule has 37 heavy (non-hydrogen) atoms. The first-order valence-corrected chi connectivity index (χ1v) is 12.6. The van der Waals surface area contributed by atoms with Gasteiger partial charge in [0.1, 0.15) is 17.3 Å². The molecule has 2 aliphatic heterocycles. The monoisotopic (exact) mass is 503 g/mol. The van der Waals surface area contributed by atoms with E-state index >= 15 is 0 Å². The SMILES string of the molecule is COc1ccc(C[C@@H]2C[C@@H](C(=O)NCc3ccc4c(c3)nnn4C)N(C(=O)[C@H]3CC(=N)CN3C)C2)cc1. The molecule has 3 aromatic rings. The Hall–Kier alpha value is -3.79. The number of carbonyl (C=O) groups excluding carboxylic acids is 2. The van der Waals surface area contributed by atoms with E-state index in [9.17, 15) is 9.59 Å². The van der Waals surface area contributed by atoms with Gasteiger partial charge in [0.15, 0.2) is 0 Å². The lowest BCUT2D eigenvalue weighted by Gasteiger charge is -2.29. The molecule has 0 unspecified atom stereocenters. The number of likely N-dealkylation sites (N-methyl/N-ethyl adjacent to an activating group) is 1. The molecular weight excluding hydrogens is 470 g/mol. The highest BCUT2D eigenvalue weighted by Gasteiger charge is 2.43. The minimum absolute atomic E-state index is 0.0666. The lowest BCUT2D eigenvalue weighted by Crippen LogP contribution is -2.51. The summed E-state index contributed by atoms with van der Waals surface area (Å²) in [6, 6.07) is 12.8. The topological polar surface area (TPSA) is 116 Å². The number of rotatable bonds is 7. The smallest absolute Gasteiger partial charge is 0.243 e. The van der Waals surface area contributed by atoms with Gasteiger partial charge >= 0.3 is 0 Å². The molecule has 10 heteroatoms. The molecule has 3 atom stereocenters. The Morgan fingerprint density at radius 1 is 1.11 bits per heavy atom. The van der Waals surface area contributed by atoms with Crippen molar-refractivity contribution in [2.75, 3.05) is 27.2 Å². The molecule has 2 N–H and O–H groups in total. The number of fused-ring (bicyclic) bond motifs is 1. The number of ether oxygens (including phenoxy) is 1. The van der Waals surface area contributed by atoms with Crippen LogP contribution < -0.4 is 10.1 Å². The van der Waals surface area contributed by atoms with Crippen molar-refractivity contribution in [2.45, 2.75) is 37.9 Å². The van der Waals surface area contributed by atoms with Crippen LogP contribution in [0.2, 0.25) is 0 Å². The highest BCUT2D eigenvalue weighted by atomic mass is 16.5. The average molecular weight is 504 g/mol. The molecule has 0 aliphatic carbocycles. The molecule has 3 heterocycles. The third-order valence-electron chi connectivity index (χ3n) is 7.50. The summed E-state index contributed by atoms with van der Waals surface area (Å²) in [5.41, 5.74) is 4.33. The zero-order chi connectivity index (χ0) is 26.1. The summed E-state index contributed by atoms with van der Waals surface area (Å²) in [6.45, 7) is 1.36. The van der Waals surface area contributed by atoms with Crippen LogP contribution in [0.15, 0.2) is 42.5 Å². The fourth-order valence-corrected chi connectivity index (χ4v) is 5.49. The summed E-state index contributed by atoms with van der Waals surface area (Å²) in [5.74, 6) is 0.745.